The molecule has 3 rings (SSSR count). The van der Waals surface area contributed by atoms with Crippen molar-refractivity contribution in [2.24, 2.45) is 0 Å². The van der Waals surface area contributed by atoms with Crippen molar-refractivity contribution in [3.63, 3.8) is 0 Å². The molecule has 10 heteroatoms. The molecule has 2 bridgehead atoms. The Morgan fingerprint density at radius 3 is 1.96 bits per heavy atom. The quantitative estimate of drug-likeness (QED) is 0.630. The number of nitrogens with one attached hydrogen (secondary N) is 2. The number of piperidine rings is 1. The summed E-state index contributed by atoms with van der Waals surface area (Å²) in [6, 6.07) is -0.251. The molecule has 2 aliphatic rings. The van der Waals surface area contributed by atoms with Crippen LogP contribution in [0.4, 0.5) is 17.6 Å². The molecule has 0 aromatic heterocycles. The molecule has 2 saturated heterocycles. The van der Waals surface area contributed by atoms with E-state index in [9.17, 15) is 26.0 Å². The van der Waals surface area contributed by atoms with Crippen molar-refractivity contribution in [2.45, 2.75) is 48.7 Å². The van der Waals surface area contributed by atoms with Gasteiger partial charge in [0.05, 0.1) is 0 Å². The molecule has 2 fully saturated rings. The van der Waals surface area contributed by atoms with Crippen LogP contribution in [0, 0.1) is 23.3 Å². The summed E-state index contributed by atoms with van der Waals surface area (Å²) in [6.45, 7) is 0. The first kappa shape index (κ1) is 18.4. The van der Waals surface area contributed by atoms with Gasteiger partial charge in [0.25, 0.3) is 0 Å². The van der Waals surface area contributed by atoms with Crippen LogP contribution in [0.2, 0.25) is 0 Å². The molecular formula is C13H15ClF4N2O2S. The summed E-state index contributed by atoms with van der Waals surface area (Å²) in [6.07, 6.45) is 2.74. The van der Waals surface area contributed by atoms with Gasteiger partial charge in [0.2, 0.25) is 10.0 Å². The highest BCUT2D eigenvalue weighted by molar-refractivity contribution is 7.89. The molecule has 2 heterocycles. The molecule has 2 atom stereocenters. The van der Waals surface area contributed by atoms with E-state index in [1.807, 2.05) is 0 Å². The van der Waals surface area contributed by atoms with E-state index in [0.717, 1.165) is 12.8 Å². The molecule has 2 N–H and O–H groups in total. The average Bonchev–Trinajstić information content (AvgIpc) is 2.75. The van der Waals surface area contributed by atoms with Crippen molar-refractivity contribution >= 4 is 22.4 Å². The van der Waals surface area contributed by atoms with Gasteiger partial charge < -0.3 is 5.32 Å². The molecule has 23 heavy (non-hydrogen) atoms. The van der Waals surface area contributed by atoms with Gasteiger partial charge in [-0.05, 0) is 25.7 Å². The lowest BCUT2D eigenvalue weighted by molar-refractivity contribution is 0.343. The Hall–Kier alpha value is -0.900. The fourth-order valence-electron chi connectivity index (χ4n) is 3.22. The maximum absolute atomic E-state index is 13.6. The number of sulfonamides is 1. The van der Waals surface area contributed by atoms with Gasteiger partial charge in [0.1, 0.15) is 0 Å². The second-order valence-corrected chi connectivity index (χ2v) is 7.38. The molecule has 0 radical (unpaired) electrons. The molecule has 0 aliphatic carbocycles. The lowest BCUT2D eigenvalue weighted by Crippen LogP contribution is -2.48. The number of halogens is 5. The van der Waals surface area contributed by atoms with Crippen LogP contribution >= 0.6 is 12.4 Å². The molecule has 2 unspecified atom stereocenters. The fourth-order valence-corrected chi connectivity index (χ4v) is 4.64. The zero-order valence-corrected chi connectivity index (χ0v) is 13.4. The predicted octanol–water partition coefficient (Wildman–Crippen LogP) is 2.23. The second-order valence-electron chi connectivity index (χ2n) is 5.72. The Labute approximate surface area is 137 Å². The van der Waals surface area contributed by atoms with Crippen LogP contribution in [-0.2, 0) is 10.0 Å². The number of fused-ring (bicyclic) bond motifs is 2. The van der Waals surface area contributed by atoms with Crippen molar-refractivity contribution in [1.29, 1.82) is 0 Å². The predicted molar refractivity (Wildman–Crippen MR) is 76.8 cm³/mol. The van der Waals surface area contributed by atoms with Gasteiger partial charge in [0, 0.05) is 24.2 Å². The standard InChI is InChI=1S/C13H14F4N2O2S.ClH/c14-9-5-10(15)12(17)13(11(9)16)22(20,21)19-8-3-6-1-2-7(4-8)18-6;/h5-8,18-19H,1-4H2;1H. The highest BCUT2D eigenvalue weighted by Crippen LogP contribution is 2.29. The monoisotopic (exact) mass is 374 g/mol. The first-order valence-electron chi connectivity index (χ1n) is 6.89. The minimum absolute atomic E-state index is 0. The summed E-state index contributed by atoms with van der Waals surface area (Å²) in [7, 11) is -4.69. The molecule has 130 valence electrons. The minimum Gasteiger partial charge on any atom is -0.311 e. The molecular weight excluding hydrogens is 360 g/mol. The van der Waals surface area contributed by atoms with Crippen molar-refractivity contribution < 1.29 is 26.0 Å². The maximum Gasteiger partial charge on any atom is 0.246 e. The van der Waals surface area contributed by atoms with E-state index >= 15 is 0 Å². The lowest BCUT2D eigenvalue weighted by Gasteiger charge is -2.29. The summed E-state index contributed by atoms with van der Waals surface area (Å²) in [4.78, 5) is -1.60. The van der Waals surface area contributed by atoms with Crippen LogP contribution in [0.5, 0.6) is 0 Å². The summed E-state index contributed by atoms with van der Waals surface area (Å²) in [5.74, 6) is -7.32. The Kier molecular flexibility index (Phi) is 5.24. The lowest BCUT2D eigenvalue weighted by atomic mass is 10.0. The average molecular weight is 375 g/mol. The molecule has 1 aromatic carbocycles. The van der Waals surface area contributed by atoms with Crippen LogP contribution in [0.1, 0.15) is 25.7 Å². The third-order valence-corrected chi connectivity index (χ3v) is 5.67. The fraction of sp³-hybridized carbons (Fsp3) is 0.538. The summed E-state index contributed by atoms with van der Waals surface area (Å²) in [5.41, 5.74) is 0. The van der Waals surface area contributed by atoms with E-state index in [1.165, 1.54) is 0 Å². The molecule has 1 aromatic rings. The van der Waals surface area contributed by atoms with Crippen molar-refractivity contribution in [2.75, 3.05) is 0 Å². The van der Waals surface area contributed by atoms with Crippen LogP contribution in [0.3, 0.4) is 0 Å². The number of hydrogen-bond acceptors (Lipinski definition) is 3. The number of benzene rings is 1. The maximum atomic E-state index is 13.6. The topological polar surface area (TPSA) is 58.2 Å². The van der Waals surface area contributed by atoms with E-state index in [4.69, 9.17) is 0 Å². The highest BCUT2D eigenvalue weighted by atomic mass is 35.5. The summed E-state index contributed by atoms with van der Waals surface area (Å²) < 4.78 is 80.1. The highest BCUT2D eigenvalue weighted by Gasteiger charge is 2.37. The summed E-state index contributed by atoms with van der Waals surface area (Å²) >= 11 is 0. The number of rotatable bonds is 3. The van der Waals surface area contributed by atoms with Gasteiger partial charge in [-0.1, -0.05) is 0 Å². The minimum atomic E-state index is -4.69. The largest absolute Gasteiger partial charge is 0.311 e. The molecule has 0 saturated carbocycles. The van der Waals surface area contributed by atoms with E-state index < -0.39 is 44.2 Å². The first-order chi connectivity index (χ1) is 10.3. The Balaban J connectivity index is 0.00000192. The Bertz CT molecular complexity index is 678. The second kappa shape index (κ2) is 6.54. The van der Waals surface area contributed by atoms with E-state index in [-0.39, 0.29) is 30.6 Å². The van der Waals surface area contributed by atoms with E-state index in [2.05, 4.69) is 10.0 Å². The molecule has 4 nitrogen and oxygen atoms in total. The van der Waals surface area contributed by atoms with Gasteiger partial charge in [-0.3, -0.25) is 0 Å². The van der Waals surface area contributed by atoms with Crippen LogP contribution in [0.25, 0.3) is 0 Å². The zero-order chi connectivity index (χ0) is 16.1. The summed E-state index contributed by atoms with van der Waals surface area (Å²) in [5, 5.41) is 3.28. The van der Waals surface area contributed by atoms with E-state index in [1.54, 1.807) is 0 Å². The van der Waals surface area contributed by atoms with Crippen LogP contribution in [-0.4, -0.2) is 26.5 Å². The zero-order valence-electron chi connectivity index (χ0n) is 11.8. The van der Waals surface area contributed by atoms with Gasteiger partial charge in [-0.25, -0.2) is 30.7 Å². The Morgan fingerprint density at radius 1 is 1.00 bits per heavy atom. The Morgan fingerprint density at radius 2 is 1.48 bits per heavy atom. The first-order valence-corrected chi connectivity index (χ1v) is 8.37. The van der Waals surface area contributed by atoms with E-state index in [0.29, 0.717) is 12.8 Å². The normalized spacial score (nSPS) is 26.9. The molecule has 2 aliphatic heterocycles. The van der Waals surface area contributed by atoms with Gasteiger partial charge >= 0.3 is 0 Å². The molecule has 0 amide bonds. The third kappa shape index (κ3) is 3.47. The van der Waals surface area contributed by atoms with Gasteiger partial charge in [0.15, 0.2) is 28.2 Å². The van der Waals surface area contributed by atoms with Crippen LogP contribution in [0.15, 0.2) is 11.0 Å². The van der Waals surface area contributed by atoms with Crippen molar-refractivity contribution in [3.8, 4) is 0 Å². The SMILES string of the molecule is Cl.O=S(=O)(NC1CC2CCC(C1)N2)c1c(F)c(F)cc(F)c1F. The van der Waals surface area contributed by atoms with Crippen molar-refractivity contribution in [3.05, 3.63) is 29.3 Å². The van der Waals surface area contributed by atoms with Crippen LogP contribution < -0.4 is 10.0 Å². The van der Waals surface area contributed by atoms with Gasteiger partial charge in [-0.15, -0.1) is 12.4 Å². The molecule has 0 spiro atoms. The van der Waals surface area contributed by atoms with Gasteiger partial charge in [-0.2, -0.15) is 0 Å². The number of hydrogen-bond donors (Lipinski definition) is 2. The smallest absolute Gasteiger partial charge is 0.246 e. The van der Waals surface area contributed by atoms with Crippen molar-refractivity contribution in [1.82, 2.24) is 10.0 Å². The third-order valence-electron chi connectivity index (χ3n) is 4.14.